The van der Waals surface area contributed by atoms with Gasteiger partial charge in [-0.1, -0.05) is 12.2 Å². The van der Waals surface area contributed by atoms with Crippen LogP contribution in [0.3, 0.4) is 0 Å². The van der Waals surface area contributed by atoms with Crippen LogP contribution in [0.5, 0.6) is 0 Å². The van der Waals surface area contributed by atoms with Gasteiger partial charge in [0, 0.05) is 0 Å². The van der Waals surface area contributed by atoms with Crippen LogP contribution >= 0.6 is 0 Å². The number of H-pyrrole nitrogens is 1. The highest BCUT2D eigenvalue weighted by Gasteiger charge is 2.52. The zero-order valence-corrected chi connectivity index (χ0v) is 14.4. The van der Waals surface area contributed by atoms with Crippen molar-refractivity contribution in [3.8, 4) is 0 Å². The molecular formula is C17H23N6O+. The third kappa shape index (κ3) is 2.31. The number of rotatable bonds is 3. The van der Waals surface area contributed by atoms with E-state index in [4.69, 9.17) is 0 Å². The van der Waals surface area contributed by atoms with Crippen molar-refractivity contribution in [2.75, 3.05) is 26.5 Å². The van der Waals surface area contributed by atoms with Gasteiger partial charge in [-0.2, -0.15) is 0 Å². The monoisotopic (exact) mass is 327 g/mol. The van der Waals surface area contributed by atoms with Gasteiger partial charge in [0.05, 0.1) is 33.5 Å². The fourth-order valence-corrected chi connectivity index (χ4v) is 4.01. The number of imidazole rings is 1. The Hall–Kier alpha value is -2.28. The molecule has 2 aromatic rings. The number of allylic oxidation sites excluding steroid dienone is 1. The van der Waals surface area contributed by atoms with Crippen molar-refractivity contribution in [2.24, 2.45) is 17.8 Å². The highest BCUT2D eigenvalue weighted by molar-refractivity contribution is 5.83. The Bertz CT molecular complexity index is 833. The number of nitrogens with one attached hydrogen (secondary N) is 2. The SMILES string of the molecule is Cc1nc(NC2C3C=CC(C3)C2C(=O)[N+](C)(C)C)c2[nH]cnc2n1. The van der Waals surface area contributed by atoms with Crippen LogP contribution in [0.25, 0.3) is 11.2 Å². The van der Waals surface area contributed by atoms with E-state index in [9.17, 15) is 4.79 Å². The van der Waals surface area contributed by atoms with Crippen molar-refractivity contribution in [1.29, 1.82) is 0 Å². The molecule has 7 nitrogen and oxygen atoms in total. The van der Waals surface area contributed by atoms with E-state index in [0.717, 1.165) is 17.8 Å². The van der Waals surface area contributed by atoms with Crippen LogP contribution in [0, 0.1) is 24.7 Å². The Morgan fingerprint density at radius 3 is 2.75 bits per heavy atom. The Morgan fingerprint density at radius 1 is 1.25 bits per heavy atom. The van der Waals surface area contributed by atoms with E-state index in [1.807, 2.05) is 28.1 Å². The molecule has 0 aliphatic heterocycles. The summed E-state index contributed by atoms with van der Waals surface area (Å²) in [6, 6.07) is 0.0608. The summed E-state index contributed by atoms with van der Waals surface area (Å²) in [5.74, 6) is 2.32. The molecule has 2 aromatic heterocycles. The molecule has 7 heteroatoms. The van der Waals surface area contributed by atoms with Gasteiger partial charge in [-0.3, -0.25) is 4.48 Å². The number of aromatic nitrogens is 4. The summed E-state index contributed by atoms with van der Waals surface area (Å²) in [6.07, 6.45) is 7.10. The number of anilines is 1. The topological polar surface area (TPSA) is 83.6 Å². The summed E-state index contributed by atoms with van der Waals surface area (Å²) < 4.78 is 0.335. The summed E-state index contributed by atoms with van der Waals surface area (Å²) in [5.41, 5.74) is 1.45. The molecule has 1 amide bonds. The first-order valence-electron chi connectivity index (χ1n) is 8.33. The molecule has 2 N–H and O–H groups in total. The van der Waals surface area contributed by atoms with E-state index in [0.29, 0.717) is 27.8 Å². The van der Waals surface area contributed by atoms with Gasteiger partial charge in [-0.05, 0) is 25.2 Å². The summed E-state index contributed by atoms with van der Waals surface area (Å²) >= 11 is 0. The molecule has 0 spiro atoms. The molecule has 1 fully saturated rings. The zero-order valence-electron chi connectivity index (χ0n) is 14.4. The van der Waals surface area contributed by atoms with Gasteiger partial charge in [0.2, 0.25) is 0 Å². The van der Waals surface area contributed by atoms with Gasteiger partial charge in [0.1, 0.15) is 17.3 Å². The number of aryl methyl sites for hydroxylation is 1. The van der Waals surface area contributed by atoms with Crippen LogP contribution in [0.15, 0.2) is 18.5 Å². The van der Waals surface area contributed by atoms with Crippen LogP contribution in [0.1, 0.15) is 12.2 Å². The lowest BCUT2D eigenvalue weighted by Gasteiger charge is -2.32. The second-order valence-electron chi connectivity index (χ2n) is 7.72. The first kappa shape index (κ1) is 15.3. The molecule has 4 rings (SSSR count). The summed E-state index contributed by atoms with van der Waals surface area (Å²) in [5, 5.41) is 3.54. The first-order chi connectivity index (χ1) is 11.3. The molecule has 24 heavy (non-hydrogen) atoms. The Morgan fingerprint density at radius 2 is 2.00 bits per heavy atom. The summed E-state index contributed by atoms with van der Waals surface area (Å²) in [4.78, 5) is 29.2. The molecule has 2 aliphatic rings. The van der Waals surface area contributed by atoms with Crippen molar-refractivity contribution >= 4 is 22.9 Å². The lowest BCUT2D eigenvalue weighted by atomic mass is 9.87. The van der Waals surface area contributed by atoms with Crippen LogP contribution < -0.4 is 5.32 Å². The maximum atomic E-state index is 13.0. The second-order valence-corrected chi connectivity index (χ2v) is 7.72. The average Bonchev–Trinajstić information content (AvgIpc) is 3.19. The largest absolute Gasteiger partial charge is 0.364 e. The van der Waals surface area contributed by atoms with E-state index < -0.39 is 0 Å². The minimum Gasteiger partial charge on any atom is -0.364 e. The highest BCUT2D eigenvalue weighted by atomic mass is 16.2. The van der Waals surface area contributed by atoms with Crippen molar-refractivity contribution in [3.05, 3.63) is 24.3 Å². The van der Waals surface area contributed by atoms with Gasteiger partial charge >= 0.3 is 5.91 Å². The fraction of sp³-hybridized carbons (Fsp3) is 0.529. The number of hydrogen-bond acceptors (Lipinski definition) is 5. The summed E-state index contributed by atoms with van der Waals surface area (Å²) in [6.45, 7) is 1.86. The standard InChI is InChI=1S/C17H23N6O/c1-9-20-15-14(18-8-19-15)16(21-9)22-13-11-6-5-10(7-11)12(13)17(24)23(2,3)4/h5-6,8,10-13H,7H2,1-4H3,(H2,18,19,20,21,22)/q+1. The van der Waals surface area contributed by atoms with Gasteiger partial charge in [-0.25, -0.2) is 19.7 Å². The quantitative estimate of drug-likeness (QED) is 0.659. The number of carbonyl (C=O) groups is 1. The minimum absolute atomic E-state index is 0.0340. The van der Waals surface area contributed by atoms with Crippen LogP contribution in [-0.4, -0.2) is 57.5 Å². The molecule has 0 aromatic carbocycles. The van der Waals surface area contributed by atoms with Crippen LogP contribution in [0.2, 0.25) is 0 Å². The summed E-state index contributed by atoms with van der Waals surface area (Å²) in [7, 11) is 5.82. The van der Waals surface area contributed by atoms with E-state index in [2.05, 4.69) is 37.4 Å². The molecule has 0 radical (unpaired) electrons. The van der Waals surface area contributed by atoms with Crippen LogP contribution in [0.4, 0.5) is 5.82 Å². The third-order valence-electron chi connectivity index (χ3n) is 5.11. The fourth-order valence-electron chi connectivity index (χ4n) is 4.01. The van der Waals surface area contributed by atoms with Crippen molar-refractivity contribution < 1.29 is 9.28 Å². The number of quaternary nitrogens is 1. The third-order valence-corrected chi connectivity index (χ3v) is 5.11. The number of hydrogen-bond donors (Lipinski definition) is 2. The highest BCUT2D eigenvalue weighted by Crippen LogP contribution is 2.46. The Labute approximate surface area is 140 Å². The van der Waals surface area contributed by atoms with E-state index in [1.54, 1.807) is 6.33 Å². The number of amides is 1. The number of nitrogens with zero attached hydrogens (tertiary/aromatic N) is 4. The number of fused-ring (bicyclic) bond motifs is 3. The predicted octanol–water partition coefficient (Wildman–Crippen LogP) is 1.50. The average molecular weight is 327 g/mol. The maximum Gasteiger partial charge on any atom is 0.318 e. The van der Waals surface area contributed by atoms with Gasteiger partial charge in [-0.15, -0.1) is 0 Å². The van der Waals surface area contributed by atoms with Crippen LogP contribution in [-0.2, 0) is 4.79 Å². The second kappa shape index (κ2) is 5.11. The lowest BCUT2D eigenvalue weighted by molar-refractivity contribution is -0.794. The minimum atomic E-state index is -0.0340. The molecule has 2 aliphatic carbocycles. The number of carbonyl (C=O) groups excluding carboxylic acids is 1. The first-order valence-corrected chi connectivity index (χ1v) is 8.33. The van der Waals surface area contributed by atoms with E-state index in [-0.39, 0.29) is 17.9 Å². The molecule has 0 saturated heterocycles. The van der Waals surface area contributed by atoms with Crippen molar-refractivity contribution in [2.45, 2.75) is 19.4 Å². The molecule has 2 heterocycles. The molecule has 2 bridgehead atoms. The van der Waals surface area contributed by atoms with E-state index in [1.165, 1.54) is 0 Å². The Balaban J connectivity index is 1.71. The smallest absolute Gasteiger partial charge is 0.318 e. The van der Waals surface area contributed by atoms with Gasteiger partial charge in [0.25, 0.3) is 0 Å². The predicted molar refractivity (Wildman–Crippen MR) is 91.1 cm³/mol. The molecule has 4 unspecified atom stereocenters. The zero-order chi connectivity index (χ0) is 17.1. The number of aromatic amines is 1. The van der Waals surface area contributed by atoms with E-state index >= 15 is 0 Å². The van der Waals surface area contributed by atoms with Gasteiger partial charge < -0.3 is 10.3 Å². The van der Waals surface area contributed by atoms with Crippen molar-refractivity contribution in [3.63, 3.8) is 0 Å². The molecule has 126 valence electrons. The molecular weight excluding hydrogens is 304 g/mol. The van der Waals surface area contributed by atoms with Gasteiger partial charge in [0.15, 0.2) is 11.5 Å². The lowest BCUT2D eigenvalue weighted by Crippen LogP contribution is -2.51. The van der Waals surface area contributed by atoms with Crippen molar-refractivity contribution in [1.82, 2.24) is 19.9 Å². The normalized spacial score (nSPS) is 28.7. The Kier molecular flexibility index (Phi) is 3.25. The molecule has 1 saturated carbocycles. The molecule has 4 atom stereocenters. The maximum absolute atomic E-state index is 13.0.